The van der Waals surface area contributed by atoms with Crippen LogP contribution in [0.3, 0.4) is 0 Å². The number of halogens is 1. The van der Waals surface area contributed by atoms with Crippen LogP contribution < -0.4 is 4.90 Å². The summed E-state index contributed by atoms with van der Waals surface area (Å²) in [7, 11) is 0. The van der Waals surface area contributed by atoms with Crippen LogP contribution in [-0.2, 0) is 0 Å². The molecule has 2 fully saturated rings. The first-order chi connectivity index (χ1) is 9.26. The van der Waals surface area contributed by atoms with Gasteiger partial charge in [0.25, 0.3) is 0 Å². The molecule has 0 amide bonds. The Labute approximate surface area is 118 Å². The van der Waals surface area contributed by atoms with E-state index >= 15 is 0 Å². The van der Waals surface area contributed by atoms with E-state index in [2.05, 4.69) is 19.8 Å². The summed E-state index contributed by atoms with van der Waals surface area (Å²) in [4.78, 5) is 13.5. The lowest BCUT2D eigenvalue weighted by Gasteiger charge is -2.35. The van der Waals surface area contributed by atoms with Gasteiger partial charge in [-0.3, -0.25) is 4.90 Å². The first-order valence-electron chi connectivity index (χ1n) is 6.89. The van der Waals surface area contributed by atoms with E-state index in [9.17, 15) is 0 Å². The number of nitrogens with zero attached hydrogens (tertiary/aromatic N) is 4. The van der Waals surface area contributed by atoms with Crippen molar-refractivity contribution >= 4 is 17.4 Å². The van der Waals surface area contributed by atoms with Gasteiger partial charge >= 0.3 is 0 Å². The largest absolute Gasteiger partial charge is 0.395 e. The SMILES string of the molecule is OCCN1CCN(c2cc(Cl)nc(C3CC3)n2)CC1. The van der Waals surface area contributed by atoms with Crippen LogP contribution in [0.5, 0.6) is 0 Å². The molecule has 1 aromatic heterocycles. The van der Waals surface area contributed by atoms with Crippen molar-refractivity contribution in [2.45, 2.75) is 18.8 Å². The molecule has 3 rings (SSSR count). The highest BCUT2D eigenvalue weighted by molar-refractivity contribution is 6.29. The zero-order valence-corrected chi connectivity index (χ0v) is 11.7. The van der Waals surface area contributed by atoms with Crippen LogP contribution in [0.1, 0.15) is 24.6 Å². The summed E-state index contributed by atoms with van der Waals surface area (Å²) in [6.45, 7) is 4.76. The molecule has 104 valence electrons. The van der Waals surface area contributed by atoms with Crippen molar-refractivity contribution in [3.8, 4) is 0 Å². The maximum absolute atomic E-state index is 8.95. The fourth-order valence-electron chi connectivity index (χ4n) is 2.45. The summed E-state index contributed by atoms with van der Waals surface area (Å²) in [5.41, 5.74) is 0. The number of aliphatic hydroxyl groups excluding tert-OH is 1. The molecular formula is C13H19ClN4O. The van der Waals surface area contributed by atoms with Gasteiger partial charge in [-0.25, -0.2) is 9.97 Å². The first kappa shape index (κ1) is 13.1. The molecule has 0 bridgehead atoms. The zero-order chi connectivity index (χ0) is 13.2. The number of hydrogen-bond acceptors (Lipinski definition) is 5. The molecule has 1 aromatic rings. The Balaban J connectivity index is 1.69. The number of rotatable bonds is 4. The van der Waals surface area contributed by atoms with E-state index in [0.717, 1.165) is 44.4 Å². The van der Waals surface area contributed by atoms with Crippen LogP contribution in [0, 0.1) is 0 Å². The Morgan fingerprint density at radius 2 is 1.95 bits per heavy atom. The summed E-state index contributed by atoms with van der Waals surface area (Å²) in [6.07, 6.45) is 2.37. The topological polar surface area (TPSA) is 52.5 Å². The molecule has 0 aromatic carbocycles. The van der Waals surface area contributed by atoms with E-state index < -0.39 is 0 Å². The van der Waals surface area contributed by atoms with Gasteiger partial charge in [-0.15, -0.1) is 0 Å². The third-order valence-electron chi connectivity index (χ3n) is 3.75. The fourth-order valence-corrected chi connectivity index (χ4v) is 2.64. The number of aromatic nitrogens is 2. The van der Waals surface area contributed by atoms with Gasteiger partial charge in [0.1, 0.15) is 16.8 Å². The van der Waals surface area contributed by atoms with Gasteiger partial charge in [-0.2, -0.15) is 0 Å². The Morgan fingerprint density at radius 1 is 1.21 bits per heavy atom. The van der Waals surface area contributed by atoms with Gasteiger partial charge in [0.05, 0.1) is 6.61 Å². The highest BCUT2D eigenvalue weighted by Gasteiger charge is 2.28. The highest BCUT2D eigenvalue weighted by Crippen LogP contribution is 2.39. The standard InChI is InChI=1S/C13H19ClN4O/c14-11-9-12(16-13(15-11)10-1-2-10)18-5-3-17(4-6-18)7-8-19/h9-10,19H,1-8H2. The van der Waals surface area contributed by atoms with Gasteiger partial charge in [-0.1, -0.05) is 11.6 Å². The van der Waals surface area contributed by atoms with Gasteiger partial charge in [0.2, 0.25) is 0 Å². The van der Waals surface area contributed by atoms with Crippen molar-refractivity contribution in [3.63, 3.8) is 0 Å². The third-order valence-corrected chi connectivity index (χ3v) is 3.95. The monoisotopic (exact) mass is 282 g/mol. The van der Waals surface area contributed by atoms with Crippen molar-refractivity contribution in [3.05, 3.63) is 17.0 Å². The minimum Gasteiger partial charge on any atom is -0.395 e. The van der Waals surface area contributed by atoms with Crippen LogP contribution in [0.4, 0.5) is 5.82 Å². The smallest absolute Gasteiger partial charge is 0.135 e. The number of piperazine rings is 1. The molecule has 1 N–H and O–H groups in total. The minimum absolute atomic E-state index is 0.227. The summed E-state index contributed by atoms with van der Waals surface area (Å²) >= 11 is 6.10. The molecule has 2 heterocycles. The molecule has 0 spiro atoms. The van der Waals surface area contributed by atoms with Crippen molar-refractivity contribution < 1.29 is 5.11 Å². The predicted octanol–water partition coefficient (Wildman–Crippen LogP) is 1.12. The Bertz CT molecular complexity index is 444. The Kier molecular flexibility index (Phi) is 3.86. The number of aliphatic hydroxyl groups is 1. The van der Waals surface area contributed by atoms with Gasteiger partial charge < -0.3 is 10.0 Å². The minimum atomic E-state index is 0.227. The molecule has 1 aliphatic heterocycles. The molecule has 0 unspecified atom stereocenters. The molecule has 5 nitrogen and oxygen atoms in total. The van der Waals surface area contributed by atoms with E-state index in [1.807, 2.05) is 6.07 Å². The van der Waals surface area contributed by atoms with Gasteiger partial charge in [0, 0.05) is 44.7 Å². The van der Waals surface area contributed by atoms with E-state index in [4.69, 9.17) is 16.7 Å². The van der Waals surface area contributed by atoms with E-state index in [1.54, 1.807) is 0 Å². The Hall–Kier alpha value is -0.910. The zero-order valence-electron chi connectivity index (χ0n) is 10.9. The lowest BCUT2D eigenvalue weighted by molar-refractivity contribution is 0.188. The van der Waals surface area contributed by atoms with Crippen molar-refractivity contribution in [1.29, 1.82) is 0 Å². The molecule has 1 saturated carbocycles. The molecule has 1 aliphatic carbocycles. The summed E-state index contributed by atoms with van der Waals surface area (Å²) in [5, 5.41) is 9.49. The molecule has 19 heavy (non-hydrogen) atoms. The molecular weight excluding hydrogens is 264 g/mol. The Morgan fingerprint density at radius 3 is 2.58 bits per heavy atom. The fraction of sp³-hybridized carbons (Fsp3) is 0.692. The van der Waals surface area contributed by atoms with E-state index in [1.165, 1.54) is 12.8 Å². The van der Waals surface area contributed by atoms with E-state index in [-0.39, 0.29) is 6.61 Å². The number of hydrogen-bond donors (Lipinski definition) is 1. The van der Waals surface area contributed by atoms with Crippen molar-refractivity contribution in [2.75, 3.05) is 44.2 Å². The lowest BCUT2D eigenvalue weighted by Crippen LogP contribution is -2.47. The second kappa shape index (κ2) is 5.61. The maximum Gasteiger partial charge on any atom is 0.135 e. The van der Waals surface area contributed by atoms with Crippen LogP contribution in [0.15, 0.2) is 6.07 Å². The van der Waals surface area contributed by atoms with Crippen molar-refractivity contribution in [1.82, 2.24) is 14.9 Å². The molecule has 0 radical (unpaired) electrons. The van der Waals surface area contributed by atoms with E-state index in [0.29, 0.717) is 11.1 Å². The highest BCUT2D eigenvalue weighted by atomic mass is 35.5. The molecule has 0 atom stereocenters. The van der Waals surface area contributed by atoms with Gasteiger partial charge in [-0.05, 0) is 12.8 Å². The summed E-state index contributed by atoms with van der Waals surface area (Å²) in [6, 6.07) is 1.86. The predicted molar refractivity (Wildman–Crippen MR) is 74.8 cm³/mol. The molecule has 6 heteroatoms. The summed E-state index contributed by atoms with van der Waals surface area (Å²) < 4.78 is 0. The maximum atomic E-state index is 8.95. The second-order valence-corrected chi connectivity index (χ2v) is 5.62. The first-order valence-corrected chi connectivity index (χ1v) is 7.26. The second-order valence-electron chi connectivity index (χ2n) is 5.23. The van der Waals surface area contributed by atoms with Crippen LogP contribution in [0.2, 0.25) is 5.15 Å². The van der Waals surface area contributed by atoms with Gasteiger partial charge in [0.15, 0.2) is 0 Å². The normalized spacial score (nSPS) is 20.8. The average Bonchev–Trinajstić information content (AvgIpc) is 3.23. The number of anilines is 1. The number of β-amino-alcohol motifs (C(OH)–C–C–N with tert-alkyl or cyclic N) is 1. The lowest BCUT2D eigenvalue weighted by atomic mass is 10.3. The van der Waals surface area contributed by atoms with Crippen molar-refractivity contribution in [2.24, 2.45) is 0 Å². The average molecular weight is 283 g/mol. The quantitative estimate of drug-likeness (QED) is 0.839. The molecule has 1 saturated heterocycles. The molecule has 2 aliphatic rings. The third kappa shape index (κ3) is 3.16. The van der Waals surface area contributed by atoms with Crippen LogP contribution in [0.25, 0.3) is 0 Å². The summed E-state index contributed by atoms with van der Waals surface area (Å²) in [5.74, 6) is 2.37. The van der Waals surface area contributed by atoms with Crippen LogP contribution >= 0.6 is 11.6 Å². The van der Waals surface area contributed by atoms with Crippen LogP contribution in [-0.4, -0.2) is 59.3 Å².